The van der Waals surface area contributed by atoms with Crippen molar-refractivity contribution in [2.24, 2.45) is 0 Å². The molecule has 0 aliphatic rings. The first-order valence-corrected chi connectivity index (χ1v) is 10.4. The minimum atomic E-state index is -0.475. The van der Waals surface area contributed by atoms with Crippen LogP contribution in [0.25, 0.3) is 27.7 Å². The van der Waals surface area contributed by atoms with Crippen LogP contribution in [0.4, 0.5) is 14.5 Å². The lowest BCUT2D eigenvalue weighted by Crippen LogP contribution is -2.12. The Labute approximate surface area is 189 Å². The van der Waals surface area contributed by atoms with Crippen molar-refractivity contribution >= 4 is 22.5 Å². The lowest BCUT2D eigenvalue weighted by atomic mass is 9.96. The standard InChI is InChI=1S/C27H19F2N3O/c1-17-24(14-19(15-25(17)29)27(33)31-22-10-8-21(28)9-11-22)18-7-12-26-20(13-18)16-30-32(26)23-5-3-2-4-6-23/h2-16H,1H3,(H,31,33). The molecule has 0 bridgehead atoms. The number of nitrogens with one attached hydrogen (secondary N) is 1. The fourth-order valence-corrected chi connectivity index (χ4v) is 3.82. The van der Waals surface area contributed by atoms with E-state index in [4.69, 9.17) is 0 Å². The molecule has 0 aliphatic heterocycles. The summed E-state index contributed by atoms with van der Waals surface area (Å²) < 4.78 is 29.7. The molecule has 4 nitrogen and oxygen atoms in total. The molecular weight excluding hydrogens is 420 g/mol. The number of fused-ring (bicyclic) bond motifs is 1. The molecule has 6 heteroatoms. The molecular formula is C27H19F2N3O. The van der Waals surface area contributed by atoms with Crippen LogP contribution in [0.1, 0.15) is 15.9 Å². The number of aromatic nitrogens is 2. The number of halogens is 2. The van der Waals surface area contributed by atoms with Crippen molar-refractivity contribution in [1.82, 2.24) is 9.78 Å². The van der Waals surface area contributed by atoms with Crippen molar-refractivity contribution in [3.63, 3.8) is 0 Å². The van der Waals surface area contributed by atoms with Crippen LogP contribution < -0.4 is 5.32 Å². The summed E-state index contributed by atoms with van der Waals surface area (Å²) >= 11 is 0. The van der Waals surface area contributed by atoms with Gasteiger partial charge in [0.05, 0.1) is 17.4 Å². The van der Waals surface area contributed by atoms with Gasteiger partial charge in [-0.25, -0.2) is 13.5 Å². The van der Waals surface area contributed by atoms with Gasteiger partial charge in [-0.15, -0.1) is 0 Å². The van der Waals surface area contributed by atoms with Crippen molar-refractivity contribution in [2.45, 2.75) is 6.92 Å². The zero-order valence-corrected chi connectivity index (χ0v) is 17.7. The normalized spacial score (nSPS) is 11.0. The topological polar surface area (TPSA) is 46.9 Å². The van der Waals surface area contributed by atoms with Crippen molar-refractivity contribution in [3.05, 3.63) is 114 Å². The maximum Gasteiger partial charge on any atom is 0.255 e. The molecule has 0 atom stereocenters. The molecule has 1 heterocycles. The van der Waals surface area contributed by atoms with Crippen LogP contribution in [0, 0.1) is 18.6 Å². The average molecular weight is 439 g/mol. The Hall–Kier alpha value is -4.32. The van der Waals surface area contributed by atoms with Gasteiger partial charge in [0.2, 0.25) is 0 Å². The van der Waals surface area contributed by atoms with E-state index < -0.39 is 17.5 Å². The first kappa shape index (κ1) is 20.6. The summed E-state index contributed by atoms with van der Waals surface area (Å²) in [5.74, 6) is -1.35. The smallest absolute Gasteiger partial charge is 0.255 e. The highest BCUT2D eigenvalue weighted by Crippen LogP contribution is 2.30. The molecule has 4 aromatic carbocycles. The van der Waals surface area contributed by atoms with E-state index in [1.165, 1.54) is 30.3 Å². The van der Waals surface area contributed by atoms with E-state index in [-0.39, 0.29) is 5.56 Å². The van der Waals surface area contributed by atoms with E-state index in [1.54, 1.807) is 19.2 Å². The first-order valence-electron chi connectivity index (χ1n) is 10.4. The van der Waals surface area contributed by atoms with Gasteiger partial charge in [0, 0.05) is 16.6 Å². The number of anilines is 1. The van der Waals surface area contributed by atoms with Gasteiger partial charge >= 0.3 is 0 Å². The Kier molecular flexibility index (Phi) is 5.18. The molecule has 5 aromatic rings. The molecule has 0 fully saturated rings. The average Bonchev–Trinajstić information content (AvgIpc) is 3.26. The number of benzene rings is 4. The third-order valence-corrected chi connectivity index (χ3v) is 5.59. The Morgan fingerprint density at radius 2 is 1.67 bits per heavy atom. The number of amides is 1. The van der Waals surface area contributed by atoms with Crippen molar-refractivity contribution in [1.29, 1.82) is 0 Å². The minimum Gasteiger partial charge on any atom is -0.322 e. The lowest BCUT2D eigenvalue weighted by molar-refractivity contribution is 0.102. The van der Waals surface area contributed by atoms with Gasteiger partial charge in [-0.05, 0) is 84.3 Å². The highest BCUT2D eigenvalue weighted by molar-refractivity contribution is 6.05. The fourth-order valence-electron chi connectivity index (χ4n) is 3.82. The number of hydrogen-bond acceptors (Lipinski definition) is 2. The van der Waals surface area contributed by atoms with Gasteiger partial charge in [0.15, 0.2) is 0 Å². The summed E-state index contributed by atoms with van der Waals surface area (Å²) in [5.41, 5.74) is 4.33. The monoisotopic (exact) mass is 439 g/mol. The predicted octanol–water partition coefficient (Wildman–Crippen LogP) is 6.53. The number of rotatable bonds is 4. The van der Waals surface area contributed by atoms with Crippen LogP contribution in [0.15, 0.2) is 91.1 Å². The van der Waals surface area contributed by atoms with Crippen molar-refractivity contribution in [2.75, 3.05) is 5.32 Å². The molecule has 162 valence electrons. The summed E-state index contributed by atoms with van der Waals surface area (Å²) in [7, 11) is 0. The number of hydrogen-bond donors (Lipinski definition) is 1. The SMILES string of the molecule is Cc1c(F)cc(C(=O)Nc2ccc(F)cc2)cc1-c1ccc2c(cnn2-c2ccccc2)c1. The van der Waals surface area contributed by atoms with Crippen molar-refractivity contribution in [3.8, 4) is 16.8 Å². The number of carbonyl (C=O) groups is 1. The molecule has 5 rings (SSSR count). The van der Waals surface area contributed by atoms with Gasteiger partial charge < -0.3 is 5.32 Å². The van der Waals surface area contributed by atoms with Gasteiger partial charge in [0.1, 0.15) is 11.6 Å². The summed E-state index contributed by atoms with van der Waals surface area (Å²) in [6.45, 7) is 1.68. The highest BCUT2D eigenvalue weighted by atomic mass is 19.1. The Bertz CT molecular complexity index is 1480. The second kappa shape index (κ2) is 8.31. The second-order valence-electron chi connectivity index (χ2n) is 7.76. The zero-order valence-electron chi connectivity index (χ0n) is 17.7. The zero-order chi connectivity index (χ0) is 22.9. The second-order valence-corrected chi connectivity index (χ2v) is 7.76. The van der Waals surface area contributed by atoms with Gasteiger partial charge in [-0.1, -0.05) is 24.3 Å². The van der Waals surface area contributed by atoms with Crippen LogP contribution in [0.3, 0.4) is 0 Å². The van der Waals surface area contributed by atoms with Crippen molar-refractivity contribution < 1.29 is 13.6 Å². The molecule has 1 aromatic heterocycles. The molecule has 0 aliphatic carbocycles. The largest absolute Gasteiger partial charge is 0.322 e. The lowest BCUT2D eigenvalue weighted by Gasteiger charge is -2.12. The summed E-state index contributed by atoms with van der Waals surface area (Å²) in [6.07, 6.45) is 1.77. The molecule has 0 saturated heterocycles. The van der Waals surface area contributed by atoms with Gasteiger partial charge in [0.25, 0.3) is 5.91 Å². The van der Waals surface area contributed by atoms with E-state index in [2.05, 4.69) is 10.4 Å². The summed E-state index contributed by atoms with van der Waals surface area (Å²) in [5, 5.41) is 8.07. The van der Waals surface area contributed by atoms with Crippen LogP contribution in [0.5, 0.6) is 0 Å². The Balaban J connectivity index is 1.51. The van der Waals surface area contributed by atoms with Crippen LogP contribution >= 0.6 is 0 Å². The van der Waals surface area contributed by atoms with E-state index in [0.717, 1.165) is 22.2 Å². The van der Waals surface area contributed by atoms with Crippen LogP contribution in [-0.4, -0.2) is 15.7 Å². The molecule has 0 saturated carbocycles. The molecule has 33 heavy (non-hydrogen) atoms. The van der Waals surface area contributed by atoms with Crippen LogP contribution in [0.2, 0.25) is 0 Å². The number of carbonyl (C=O) groups excluding carboxylic acids is 1. The van der Waals surface area contributed by atoms with E-state index >= 15 is 0 Å². The molecule has 1 N–H and O–H groups in total. The van der Waals surface area contributed by atoms with E-state index in [9.17, 15) is 13.6 Å². The van der Waals surface area contributed by atoms with E-state index in [1.807, 2.05) is 53.2 Å². The summed E-state index contributed by atoms with van der Waals surface area (Å²) in [4.78, 5) is 12.7. The Morgan fingerprint density at radius 3 is 2.42 bits per heavy atom. The third-order valence-electron chi connectivity index (χ3n) is 5.59. The maximum atomic E-state index is 14.8. The first-order chi connectivity index (χ1) is 16.0. The Morgan fingerprint density at radius 1 is 0.909 bits per heavy atom. The maximum absolute atomic E-state index is 14.8. The quantitative estimate of drug-likeness (QED) is 0.346. The predicted molar refractivity (Wildman–Crippen MR) is 126 cm³/mol. The minimum absolute atomic E-state index is 0.178. The van der Waals surface area contributed by atoms with Gasteiger partial charge in [-0.3, -0.25) is 4.79 Å². The molecule has 0 unspecified atom stereocenters. The van der Waals surface area contributed by atoms with E-state index in [0.29, 0.717) is 16.8 Å². The fraction of sp³-hybridized carbons (Fsp3) is 0.0370. The van der Waals surface area contributed by atoms with Gasteiger partial charge in [-0.2, -0.15) is 5.10 Å². The number of para-hydroxylation sites is 1. The summed E-state index contributed by atoms with van der Waals surface area (Å²) in [6, 6.07) is 23.9. The number of nitrogens with zero attached hydrogens (tertiary/aromatic N) is 2. The molecule has 0 radical (unpaired) electrons. The third kappa shape index (κ3) is 3.99. The highest BCUT2D eigenvalue weighted by Gasteiger charge is 2.15. The molecule has 1 amide bonds. The molecule has 0 spiro atoms. The van der Waals surface area contributed by atoms with Crippen LogP contribution in [-0.2, 0) is 0 Å².